The number of esters is 1. The van der Waals surface area contributed by atoms with Crippen LogP contribution in [0.2, 0.25) is 0 Å². The number of nitrogens with two attached hydrogens (primary N) is 1. The molecular formula is C16H23N3O2. The molecule has 2 unspecified atom stereocenters. The molecule has 1 saturated heterocycles. The van der Waals surface area contributed by atoms with Gasteiger partial charge < -0.3 is 15.4 Å². The van der Waals surface area contributed by atoms with E-state index in [1.165, 1.54) is 45.6 Å². The van der Waals surface area contributed by atoms with Crippen LogP contribution < -0.4 is 10.6 Å². The molecule has 1 aliphatic heterocycles. The Morgan fingerprint density at radius 3 is 2.90 bits per heavy atom. The van der Waals surface area contributed by atoms with Crippen molar-refractivity contribution in [3.05, 3.63) is 17.8 Å². The lowest BCUT2D eigenvalue weighted by Crippen LogP contribution is -2.47. The van der Waals surface area contributed by atoms with Crippen molar-refractivity contribution >= 4 is 17.5 Å². The van der Waals surface area contributed by atoms with Crippen molar-refractivity contribution in [2.24, 2.45) is 5.92 Å². The number of anilines is 2. The third-order valence-electron chi connectivity index (χ3n) is 4.86. The molecule has 0 radical (unpaired) electrons. The maximum Gasteiger partial charge on any atom is 0.340 e. The third kappa shape index (κ3) is 2.69. The van der Waals surface area contributed by atoms with E-state index in [-0.39, 0.29) is 0 Å². The SMILES string of the molecule is COC(=O)c1cc(N2CCCC3CCCCC32)ncc1N. The average molecular weight is 289 g/mol. The van der Waals surface area contributed by atoms with Gasteiger partial charge in [0.05, 0.1) is 24.6 Å². The van der Waals surface area contributed by atoms with Gasteiger partial charge in [0.2, 0.25) is 0 Å². The maximum absolute atomic E-state index is 11.8. The lowest BCUT2D eigenvalue weighted by atomic mass is 9.78. The molecule has 1 aromatic heterocycles. The van der Waals surface area contributed by atoms with Gasteiger partial charge >= 0.3 is 5.97 Å². The number of carbonyl (C=O) groups is 1. The monoisotopic (exact) mass is 289 g/mol. The quantitative estimate of drug-likeness (QED) is 0.848. The number of carbonyl (C=O) groups excluding carboxylic acids is 1. The van der Waals surface area contributed by atoms with Crippen LogP contribution in [0.1, 0.15) is 48.9 Å². The summed E-state index contributed by atoms with van der Waals surface area (Å²) in [5.41, 5.74) is 6.64. The highest BCUT2D eigenvalue weighted by Crippen LogP contribution is 2.37. The molecule has 2 aliphatic rings. The molecule has 2 N–H and O–H groups in total. The van der Waals surface area contributed by atoms with Crippen LogP contribution in [0.25, 0.3) is 0 Å². The fraction of sp³-hybridized carbons (Fsp3) is 0.625. The first-order chi connectivity index (χ1) is 10.2. The smallest absolute Gasteiger partial charge is 0.340 e. The normalized spacial score (nSPS) is 25.3. The molecule has 2 atom stereocenters. The highest BCUT2D eigenvalue weighted by atomic mass is 16.5. The fourth-order valence-electron chi connectivity index (χ4n) is 3.81. The van der Waals surface area contributed by atoms with Gasteiger partial charge in [-0.25, -0.2) is 9.78 Å². The van der Waals surface area contributed by atoms with E-state index >= 15 is 0 Å². The number of methoxy groups -OCH3 is 1. The van der Waals surface area contributed by atoms with E-state index < -0.39 is 5.97 Å². The molecule has 2 fully saturated rings. The first-order valence-corrected chi connectivity index (χ1v) is 7.81. The summed E-state index contributed by atoms with van der Waals surface area (Å²) in [6.45, 7) is 1.01. The van der Waals surface area contributed by atoms with Gasteiger partial charge in [-0.05, 0) is 37.7 Å². The Bertz CT molecular complexity index is 530. The number of hydrogen-bond donors (Lipinski definition) is 1. The molecule has 2 heterocycles. The Labute approximate surface area is 125 Å². The largest absolute Gasteiger partial charge is 0.465 e. The van der Waals surface area contributed by atoms with Gasteiger partial charge in [0.15, 0.2) is 0 Å². The number of pyridine rings is 1. The molecule has 0 spiro atoms. The fourth-order valence-corrected chi connectivity index (χ4v) is 3.81. The summed E-state index contributed by atoms with van der Waals surface area (Å²) in [5, 5.41) is 0. The highest BCUT2D eigenvalue weighted by molar-refractivity contribution is 5.95. The van der Waals surface area contributed by atoms with Crippen molar-refractivity contribution in [1.29, 1.82) is 0 Å². The molecule has 5 nitrogen and oxygen atoms in total. The van der Waals surface area contributed by atoms with Crippen LogP contribution in [0.5, 0.6) is 0 Å². The van der Waals surface area contributed by atoms with Gasteiger partial charge in [0, 0.05) is 12.6 Å². The van der Waals surface area contributed by atoms with Crippen molar-refractivity contribution in [2.45, 2.75) is 44.6 Å². The zero-order valence-electron chi connectivity index (χ0n) is 12.5. The number of piperidine rings is 1. The molecule has 0 amide bonds. The first-order valence-electron chi connectivity index (χ1n) is 7.81. The average Bonchev–Trinajstić information content (AvgIpc) is 2.54. The van der Waals surface area contributed by atoms with Crippen molar-refractivity contribution < 1.29 is 9.53 Å². The zero-order chi connectivity index (χ0) is 14.8. The summed E-state index contributed by atoms with van der Waals surface area (Å²) in [5.74, 6) is 1.24. The third-order valence-corrected chi connectivity index (χ3v) is 4.86. The predicted octanol–water partition coefficient (Wildman–Crippen LogP) is 2.61. The van der Waals surface area contributed by atoms with Crippen LogP contribution in [-0.4, -0.2) is 30.6 Å². The molecule has 1 saturated carbocycles. The molecule has 1 aliphatic carbocycles. The first kappa shape index (κ1) is 14.2. The van der Waals surface area contributed by atoms with Gasteiger partial charge in [-0.1, -0.05) is 12.8 Å². The molecule has 5 heteroatoms. The van der Waals surface area contributed by atoms with Crippen LogP contribution in [0.15, 0.2) is 12.3 Å². The van der Waals surface area contributed by atoms with E-state index in [2.05, 4.69) is 9.88 Å². The van der Waals surface area contributed by atoms with Crippen molar-refractivity contribution in [3.8, 4) is 0 Å². The lowest BCUT2D eigenvalue weighted by Gasteiger charge is -2.44. The van der Waals surface area contributed by atoms with E-state index in [1.54, 1.807) is 12.3 Å². The molecule has 1 aromatic rings. The minimum absolute atomic E-state index is 0.378. The molecular weight excluding hydrogens is 266 g/mol. The Hall–Kier alpha value is -1.78. The van der Waals surface area contributed by atoms with Crippen LogP contribution in [0.4, 0.5) is 11.5 Å². The number of fused-ring (bicyclic) bond motifs is 1. The Morgan fingerprint density at radius 2 is 2.10 bits per heavy atom. The zero-order valence-corrected chi connectivity index (χ0v) is 12.5. The lowest BCUT2D eigenvalue weighted by molar-refractivity contribution is 0.0602. The van der Waals surface area contributed by atoms with Crippen LogP contribution in [0, 0.1) is 5.92 Å². The van der Waals surface area contributed by atoms with Crippen LogP contribution in [0.3, 0.4) is 0 Å². The summed E-state index contributed by atoms with van der Waals surface area (Å²) in [4.78, 5) is 18.6. The van der Waals surface area contributed by atoms with E-state index in [0.29, 0.717) is 17.3 Å². The number of nitrogens with zero attached hydrogens (tertiary/aromatic N) is 2. The van der Waals surface area contributed by atoms with Crippen LogP contribution in [-0.2, 0) is 4.74 Å². The number of nitrogen functional groups attached to an aromatic ring is 1. The Morgan fingerprint density at radius 1 is 1.33 bits per heavy atom. The summed E-state index contributed by atoms with van der Waals surface area (Å²) in [7, 11) is 1.37. The molecule has 0 bridgehead atoms. The Kier molecular flexibility index (Phi) is 3.99. The topological polar surface area (TPSA) is 68.5 Å². The second kappa shape index (κ2) is 5.92. The van der Waals surface area contributed by atoms with E-state index in [4.69, 9.17) is 10.5 Å². The van der Waals surface area contributed by atoms with Gasteiger partial charge in [0.25, 0.3) is 0 Å². The van der Waals surface area contributed by atoms with E-state index in [0.717, 1.165) is 18.3 Å². The second-order valence-corrected chi connectivity index (χ2v) is 6.07. The van der Waals surface area contributed by atoms with Crippen molar-refractivity contribution in [1.82, 2.24) is 4.98 Å². The minimum atomic E-state index is -0.395. The van der Waals surface area contributed by atoms with Crippen molar-refractivity contribution in [2.75, 3.05) is 24.3 Å². The molecule has 114 valence electrons. The minimum Gasteiger partial charge on any atom is -0.465 e. The second-order valence-electron chi connectivity index (χ2n) is 6.07. The molecule has 0 aromatic carbocycles. The van der Waals surface area contributed by atoms with Crippen molar-refractivity contribution in [3.63, 3.8) is 0 Å². The van der Waals surface area contributed by atoms with Gasteiger partial charge in [-0.15, -0.1) is 0 Å². The number of ether oxygens (including phenoxy) is 1. The van der Waals surface area contributed by atoms with Gasteiger partial charge in [0.1, 0.15) is 5.82 Å². The Balaban J connectivity index is 1.90. The summed E-state index contributed by atoms with van der Waals surface area (Å²) >= 11 is 0. The maximum atomic E-state index is 11.8. The van der Waals surface area contributed by atoms with E-state index in [1.807, 2.05) is 0 Å². The highest BCUT2D eigenvalue weighted by Gasteiger charge is 2.34. The van der Waals surface area contributed by atoms with E-state index in [9.17, 15) is 4.79 Å². The van der Waals surface area contributed by atoms with Gasteiger partial charge in [-0.3, -0.25) is 0 Å². The van der Waals surface area contributed by atoms with Gasteiger partial charge in [-0.2, -0.15) is 0 Å². The molecule has 21 heavy (non-hydrogen) atoms. The number of aromatic nitrogens is 1. The summed E-state index contributed by atoms with van der Waals surface area (Å²) < 4.78 is 4.80. The number of hydrogen-bond acceptors (Lipinski definition) is 5. The standard InChI is InChI=1S/C16H23N3O2/c1-21-16(20)12-9-15(18-10-13(12)17)19-8-4-6-11-5-2-3-7-14(11)19/h9-11,14H,2-8,17H2,1H3. The number of rotatable bonds is 2. The van der Waals surface area contributed by atoms with Crippen LogP contribution >= 0.6 is 0 Å². The summed E-state index contributed by atoms with van der Waals surface area (Å²) in [6, 6.07) is 2.35. The molecule has 3 rings (SSSR count). The summed E-state index contributed by atoms with van der Waals surface area (Å²) in [6.07, 6.45) is 9.27. The predicted molar refractivity (Wildman–Crippen MR) is 82.3 cm³/mol.